The Labute approximate surface area is 112 Å². The van der Waals surface area contributed by atoms with Gasteiger partial charge in [-0.05, 0) is 18.7 Å². The number of imidazole rings is 1. The predicted octanol–water partition coefficient (Wildman–Crippen LogP) is 1.63. The molecule has 0 fully saturated rings. The molecule has 0 saturated carbocycles. The van der Waals surface area contributed by atoms with Gasteiger partial charge in [0.2, 0.25) is 5.91 Å². The summed E-state index contributed by atoms with van der Waals surface area (Å²) in [7, 11) is 0. The van der Waals surface area contributed by atoms with Crippen molar-refractivity contribution in [2.75, 3.05) is 11.9 Å². The van der Waals surface area contributed by atoms with E-state index in [0.717, 1.165) is 24.5 Å². The van der Waals surface area contributed by atoms with E-state index in [1.165, 1.54) is 0 Å². The monoisotopic (exact) mass is 258 g/mol. The summed E-state index contributed by atoms with van der Waals surface area (Å²) in [6, 6.07) is 9.42. The van der Waals surface area contributed by atoms with Gasteiger partial charge in [-0.15, -0.1) is 0 Å². The minimum atomic E-state index is -0.0569. The molecule has 0 atom stereocenters. The number of para-hydroxylation sites is 1. The molecular weight excluding hydrogens is 240 g/mol. The largest absolute Gasteiger partial charge is 0.328 e. The Morgan fingerprint density at radius 3 is 2.84 bits per heavy atom. The van der Waals surface area contributed by atoms with Crippen LogP contribution in [0.25, 0.3) is 0 Å². The Kier molecular flexibility index (Phi) is 4.69. The highest BCUT2D eigenvalue weighted by Gasteiger charge is 2.04. The number of aromatic nitrogens is 2. The lowest BCUT2D eigenvalue weighted by Gasteiger charge is -2.05. The Bertz CT molecular complexity index is 521. The van der Waals surface area contributed by atoms with E-state index in [-0.39, 0.29) is 12.5 Å². The molecule has 5 nitrogen and oxygen atoms in total. The van der Waals surface area contributed by atoms with Gasteiger partial charge in [-0.2, -0.15) is 0 Å². The number of hydrogen-bond acceptors (Lipinski definition) is 3. The highest BCUT2D eigenvalue weighted by molar-refractivity contribution is 5.90. The van der Waals surface area contributed by atoms with E-state index in [2.05, 4.69) is 15.6 Å². The first kappa shape index (κ1) is 13.3. The zero-order valence-corrected chi connectivity index (χ0v) is 11.0. The van der Waals surface area contributed by atoms with Crippen molar-refractivity contribution in [1.29, 1.82) is 0 Å². The van der Waals surface area contributed by atoms with Gasteiger partial charge in [0.1, 0.15) is 6.54 Å². The Morgan fingerprint density at radius 1 is 1.32 bits per heavy atom. The molecule has 1 heterocycles. The molecule has 0 radical (unpaired) electrons. The summed E-state index contributed by atoms with van der Waals surface area (Å²) < 4.78 is 1.78. The molecule has 0 aliphatic carbocycles. The number of anilines is 1. The highest BCUT2D eigenvalue weighted by atomic mass is 16.1. The van der Waals surface area contributed by atoms with E-state index in [4.69, 9.17) is 0 Å². The SMILES string of the molecule is CCNCc1cn(CC(=O)Nc2ccccc2)cn1. The molecule has 2 rings (SSSR count). The lowest BCUT2D eigenvalue weighted by Crippen LogP contribution is -2.17. The molecule has 100 valence electrons. The summed E-state index contributed by atoms with van der Waals surface area (Å²) in [6.45, 7) is 3.95. The first-order chi connectivity index (χ1) is 9.28. The van der Waals surface area contributed by atoms with Crippen molar-refractivity contribution in [3.05, 3.63) is 48.5 Å². The number of hydrogen-bond donors (Lipinski definition) is 2. The fourth-order valence-electron chi connectivity index (χ4n) is 1.73. The molecule has 2 N–H and O–H groups in total. The Hall–Kier alpha value is -2.14. The first-order valence-corrected chi connectivity index (χ1v) is 6.34. The van der Waals surface area contributed by atoms with Crippen molar-refractivity contribution in [3.63, 3.8) is 0 Å². The molecule has 0 spiro atoms. The summed E-state index contributed by atoms with van der Waals surface area (Å²) in [5.74, 6) is -0.0569. The third-order valence-electron chi connectivity index (χ3n) is 2.63. The van der Waals surface area contributed by atoms with Gasteiger partial charge in [0.25, 0.3) is 0 Å². The topological polar surface area (TPSA) is 59.0 Å². The zero-order chi connectivity index (χ0) is 13.5. The minimum absolute atomic E-state index is 0.0569. The average Bonchev–Trinajstić information content (AvgIpc) is 2.85. The second-order valence-electron chi connectivity index (χ2n) is 4.23. The highest BCUT2D eigenvalue weighted by Crippen LogP contribution is 2.05. The van der Waals surface area contributed by atoms with Gasteiger partial charge < -0.3 is 15.2 Å². The third kappa shape index (κ3) is 4.22. The van der Waals surface area contributed by atoms with Crippen LogP contribution in [0.3, 0.4) is 0 Å². The van der Waals surface area contributed by atoms with E-state index < -0.39 is 0 Å². The third-order valence-corrected chi connectivity index (χ3v) is 2.63. The van der Waals surface area contributed by atoms with E-state index in [0.29, 0.717) is 0 Å². The summed E-state index contributed by atoms with van der Waals surface area (Å²) in [6.07, 6.45) is 3.56. The van der Waals surface area contributed by atoms with Crippen LogP contribution < -0.4 is 10.6 Å². The van der Waals surface area contributed by atoms with Crippen LogP contribution in [0, 0.1) is 0 Å². The van der Waals surface area contributed by atoms with E-state index in [1.54, 1.807) is 10.9 Å². The van der Waals surface area contributed by atoms with Gasteiger partial charge in [0.05, 0.1) is 12.0 Å². The molecule has 0 aliphatic rings. The van der Waals surface area contributed by atoms with Gasteiger partial charge in [-0.3, -0.25) is 4.79 Å². The molecule has 0 aliphatic heterocycles. The number of carbonyl (C=O) groups is 1. The van der Waals surface area contributed by atoms with Gasteiger partial charge in [-0.1, -0.05) is 25.1 Å². The van der Waals surface area contributed by atoms with Crippen LogP contribution in [0.15, 0.2) is 42.9 Å². The number of amides is 1. The molecule has 5 heteroatoms. The lowest BCUT2D eigenvalue weighted by molar-refractivity contribution is -0.116. The van der Waals surface area contributed by atoms with Crippen molar-refractivity contribution in [2.45, 2.75) is 20.0 Å². The maximum absolute atomic E-state index is 11.8. The predicted molar refractivity (Wildman–Crippen MR) is 74.7 cm³/mol. The number of nitrogens with one attached hydrogen (secondary N) is 2. The number of benzene rings is 1. The molecule has 0 unspecified atom stereocenters. The van der Waals surface area contributed by atoms with E-state index in [9.17, 15) is 4.79 Å². The number of rotatable bonds is 6. The van der Waals surface area contributed by atoms with Gasteiger partial charge in [-0.25, -0.2) is 4.98 Å². The maximum Gasteiger partial charge on any atom is 0.244 e. The smallest absolute Gasteiger partial charge is 0.244 e. The molecule has 1 amide bonds. The standard InChI is InChI=1S/C14H18N4O/c1-2-15-8-13-9-18(11-16-13)10-14(19)17-12-6-4-3-5-7-12/h3-7,9,11,15H,2,8,10H2,1H3,(H,17,19). The second-order valence-corrected chi connectivity index (χ2v) is 4.23. The average molecular weight is 258 g/mol. The van der Waals surface area contributed by atoms with Crippen molar-refractivity contribution in [2.24, 2.45) is 0 Å². The molecular formula is C14H18N4O. The minimum Gasteiger partial charge on any atom is -0.328 e. The van der Waals surface area contributed by atoms with Crippen LogP contribution in [-0.4, -0.2) is 22.0 Å². The normalized spacial score (nSPS) is 10.4. The summed E-state index contributed by atoms with van der Waals surface area (Å²) >= 11 is 0. The Morgan fingerprint density at radius 2 is 2.11 bits per heavy atom. The summed E-state index contributed by atoms with van der Waals surface area (Å²) in [5, 5.41) is 6.03. The van der Waals surface area contributed by atoms with Crippen LogP contribution >= 0.6 is 0 Å². The maximum atomic E-state index is 11.8. The Balaban J connectivity index is 1.86. The van der Waals surface area contributed by atoms with Crippen molar-refractivity contribution >= 4 is 11.6 Å². The fourth-order valence-corrected chi connectivity index (χ4v) is 1.73. The van der Waals surface area contributed by atoms with Gasteiger partial charge in [0.15, 0.2) is 0 Å². The van der Waals surface area contributed by atoms with Crippen LogP contribution in [-0.2, 0) is 17.9 Å². The number of nitrogens with zero attached hydrogens (tertiary/aromatic N) is 2. The zero-order valence-electron chi connectivity index (χ0n) is 11.0. The quantitative estimate of drug-likeness (QED) is 0.828. The van der Waals surface area contributed by atoms with Gasteiger partial charge in [0, 0.05) is 18.4 Å². The van der Waals surface area contributed by atoms with E-state index in [1.807, 2.05) is 43.5 Å². The molecule has 0 bridgehead atoms. The van der Waals surface area contributed by atoms with Crippen molar-refractivity contribution in [3.8, 4) is 0 Å². The van der Waals surface area contributed by atoms with E-state index >= 15 is 0 Å². The van der Waals surface area contributed by atoms with Crippen LogP contribution in [0.5, 0.6) is 0 Å². The lowest BCUT2D eigenvalue weighted by atomic mass is 10.3. The molecule has 1 aromatic carbocycles. The van der Waals surface area contributed by atoms with Crippen molar-refractivity contribution in [1.82, 2.24) is 14.9 Å². The second kappa shape index (κ2) is 6.70. The fraction of sp³-hybridized carbons (Fsp3) is 0.286. The van der Waals surface area contributed by atoms with Crippen LogP contribution in [0.1, 0.15) is 12.6 Å². The molecule has 2 aromatic rings. The molecule has 1 aromatic heterocycles. The first-order valence-electron chi connectivity index (χ1n) is 6.34. The van der Waals surface area contributed by atoms with Gasteiger partial charge >= 0.3 is 0 Å². The van der Waals surface area contributed by atoms with Crippen molar-refractivity contribution < 1.29 is 4.79 Å². The van der Waals surface area contributed by atoms with Crippen LogP contribution in [0.2, 0.25) is 0 Å². The summed E-state index contributed by atoms with van der Waals surface area (Å²) in [4.78, 5) is 16.1. The van der Waals surface area contributed by atoms with Crippen LogP contribution in [0.4, 0.5) is 5.69 Å². The molecule has 0 saturated heterocycles. The number of carbonyl (C=O) groups excluding carboxylic acids is 1. The molecule has 19 heavy (non-hydrogen) atoms. The summed E-state index contributed by atoms with van der Waals surface area (Å²) in [5.41, 5.74) is 1.75.